The molecule has 1 unspecified atom stereocenters. The topological polar surface area (TPSA) is 64.0 Å². The van der Waals surface area contributed by atoms with Gasteiger partial charge in [0.1, 0.15) is 23.8 Å². The van der Waals surface area contributed by atoms with E-state index in [4.69, 9.17) is 4.74 Å². The molecule has 9 heteroatoms. The van der Waals surface area contributed by atoms with Gasteiger partial charge in [0, 0.05) is 24.9 Å². The van der Waals surface area contributed by atoms with Gasteiger partial charge < -0.3 is 15.4 Å². The third kappa shape index (κ3) is 5.26. The number of anilines is 3. The van der Waals surface area contributed by atoms with Gasteiger partial charge in [0.15, 0.2) is 0 Å². The van der Waals surface area contributed by atoms with Crippen LogP contribution in [0.5, 0.6) is 0 Å². The van der Waals surface area contributed by atoms with Crippen molar-refractivity contribution in [1.29, 1.82) is 0 Å². The number of aromatic nitrogens is 3. The first kappa shape index (κ1) is 20.7. The Kier molecular flexibility index (Phi) is 6.38. The summed E-state index contributed by atoms with van der Waals surface area (Å²) in [5.74, 6) is -1.81. The third-order valence-corrected chi connectivity index (χ3v) is 4.15. The van der Waals surface area contributed by atoms with E-state index in [1.54, 1.807) is 19.1 Å². The summed E-state index contributed by atoms with van der Waals surface area (Å²) in [6.07, 6.45) is 1.29. The molecule has 0 fully saturated rings. The summed E-state index contributed by atoms with van der Waals surface area (Å²) in [7, 11) is 0. The van der Waals surface area contributed by atoms with E-state index in [2.05, 4.69) is 20.7 Å². The maximum atomic E-state index is 14.5. The van der Waals surface area contributed by atoms with Gasteiger partial charge in [-0.3, -0.25) is 0 Å². The minimum Gasteiger partial charge on any atom is -0.382 e. The zero-order chi connectivity index (χ0) is 21.0. The predicted molar refractivity (Wildman–Crippen MR) is 105 cm³/mol. The Morgan fingerprint density at radius 3 is 2.52 bits per heavy atom. The second-order valence-electron chi connectivity index (χ2n) is 6.57. The Balaban J connectivity index is 1.78. The van der Waals surface area contributed by atoms with Crippen LogP contribution in [0.4, 0.5) is 30.5 Å². The molecular weight excluding hydrogens is 383 g/mol. The first-order valence-corrected chi connectivity index (χ1v) is 9.16. The molecule has 29 heavy (non-hydrogen) atoms. The number of hydrogen-bond donors (Lipinski definition) is 2. The molecule has 0 bridgehead atoms. The number of hydrogen-bond acceptors (Lipinski definition) is 5. The highest BCUT2D eigenvalue weighted by Crippen LogP contribution is 2.26. The number of nitrogens with zero attached hydrogens (tertiary/aromatic N) is 3. The van der Waals surface area contributed by atoms with E-state index in [1.807, 2.05) is 13.8 Å². The van der Waals surface area contributed by atoms with Crippen molar-refractivity contribution < 1.29 is 17.9 Å². The SMILES string of the molecule is CCOC(C)CNc1cc(C)c(F)c(Nc2ncn(-c3cc(F)cc(F)c3)n2)c1. The molecule has 2 aromatic carbocycles. The highest BCUT2D eigenvalue weighted by atomic mass is 19.1. The van der Waals surface area contributed by atoms with Gasteiger partial charge in [0.2, 0.25) is 5.95 Å². The van der Waals surface area contributed by atoms with Gasteiger partial charge in [-0.2, -0.15) is 4.98 Å². The molecule has 1 heterocycles. The summed E-state index contributed by atoms with van der Waals surface area (Å²) in [4.78, 5) is 4.03. The van der Waals surface area contributed by atoms with Gasteiger partial charge in [-0.1, -0.05) is 0 Å². The van der Waals surface area contributed by atoms with E-state index in [9.17, 15) is 13.2 Å². The van der Waals surface area contributed by atoms with Crippen LogP contribution >= 0.6 is 0 Å². The summed E-state index contributed by atoms with van der Waals surface area (Å²) in [5.41, 5.74) is 1.50. The average molecular weight is 405 g/mol. The number of benzene rings is 2. The lowest BCUT2D eigenvalue weighted by molar-refractivity contribution is 0.0855. The molecule has 0 saturated carbocycles. The van der Waals surface area contributed by atoms with Crippen molar-refractivity contribution in [3.05, 3.63) is 59.7 Å². The van der Waals surface area contributed by atoms with Gasteiger partial charge in [-0.25, -0.2) is 17.9 Å². The van der Waals surface area contributed by atoms with Crippen LogP contribution in [0.1, 0.15) is 19.4 Å². The number of nitrogens with one attached hydrogen (secondary N) is 2. The van der Waals surface area contributed by atoms with Gasteiger partial charge in [-0.15, -0.1) is 5.10 Å². The molecule has 0 spiro atoms. The molecule has 0 aliphatic carbocycles. The summed E-state index contributed by atoms with van der Waals surface area (Å²) < 4.78 is 48.0. The maximum Gasteiger partial charge on any atom is 0.247 e. The molecule has 3 rings (SSSR count). The van der Waals surface area contributed by atoms with Crippen molar-refractivity contribution in [2.24, 2.45) is 0 Å². The monoisotopic (exact) mass is 405 g/mol. The van der Waals surface area contributed by atoms with E-state index >= 15 is 0 Å². The number of aryl methyl sites for hydroxylation is 1. The zero-order valence-corrected chi connectivity index (χ0v) is 16.3. The van der Waals surface area contributed by atoms with Crippen molar-refractivity contribution in [3.8, 4) is 5.69 Å². The minimum absolute atomic E-state index is 0.00537. The smallest absolute Gasteiger partial charge is 0.247 e. The molecule has 1 atom stereocenters. The fourth-order valence-corrected chi connectivity index (χ4v) is 2.80. The molecule has 3 aromatic rings. The predicted octanol–water partition coefficient (Wildman–Crippen LogP) is 4.57. The lowest BCUT2D eigenvalue weighted by atomic mass is 10.1. The molecule has 154 valence electrons. The molecule has 0 radical (unpaired) electrons. The molecule has 0 aliphatic heterocycles. The largest absolute Gasteiger partial charge is 0.382 e. The first-order valence-electron chi connectivity index (χ1n) is 9.16. The summed E-state index contributed by atoms with van der Waals surface area (Å²) in [5, 5.41) is 10.1. The summed E-state index contributed by atoms with van der Waals surface area (Å²) >= 11 is 0. The van der Waals surface area contributed by atoms with Crippen molar-refractivity contribution in [3.63, 3.8) is 0 Å². The van der Waals surface area contributed by atoms with Crippen LogP contribution in [-0.4, -0.2) is 34.0 Å². The summed E-state index contributed by atoms with van der Waals surface area (Å²) in [6.45, 7) is 6.69. The van der Waals surface area contributed by atoms with Crippen molar-refractivity contribution >= 4 is 17.3 Å². The Morgan fingerprint density at radius 1 is 1.10 bits per heavy atom. The third-order valence-electron chi connectivity index (χ3n) is 4.15. The molecule has 0 saturated heterocycles. The fraction of sp³-hybridized carbons (Fsp3) is 0.300. The van der Waals surface area contributed by atoms with Crippen molar-refractivity contribution in [1.82, 2.24) is 14.8 Å². The van der Waals surface area contributed by atoms with Crippen LogP contribution in [-0.2, 0) is 4.74 Å². The van der Waals surface area contributed by atoms with Crippen LogP contribution in [0, 0.1) is 24.4 Å². The van der Waals surface area contributed by atoms with Crippen LogP contribution < -0.4 is 10.6 Å². The van der Waals surface area contributed by atoms with E-state index < -0.39 is 17.5 Å². The quantitative estimate of drug-likeness (QED) is 0.575. The van der Waals surface area contributed by atoms with Crippen molar-refractivity contribution in [2.75, 3.05) is 23.8 Å². The van der Waals surface area contributed by atoms with Crippen LogP contribution in [0.3, 0.4) is 0 Å². The molecule has 1 aromatic heterocycles. The molecule has 2 N–H and O–H groups in total. The number of halogens is 3. The standard InChI is InChI=1S/C20H22F3N5O/c1-4-29-13(3)10-24-16-5-12(2)19(23)18(9-16)26-20-25-11-28(27-20)17-7-14(21)6-15(22)8-17/h5-9,11,13,24H,4,10H2,1-3H3,(H,26,27). The highest BCUT2D eigenvalue weighted by molar-refractivity contribution is 5.64. The summed E-state index contributed by atoms with van der Waals surface area (Å²) in [6, 6.07) is 6.31. The number of rotatable bonds is 8. The van der Waals surface area contributed by atoms with Gasteiger partial charge >= 0.3 is 0 Å². The molecule has 6 nitrogen and oxygen atoms in total. The van der Waals surface area contributed by atoms with Gasteiger partial charge in [0.25, 0.3) is 0 Å². The Labute approximate surface area is 166 Å². The van der Waals surface area contributed by atoms with Crippen LogP contribution in [0.25, 0.3) is 5.69 Å². The Morgan fingerprint density at radius 2 is 1.83 bits per heavy atom. The zero-order valence-electron chi connectivity index (χ0n) is 16.3. The average Bonchev–Trinajstić information content (AvgIpc) is 3.12. The van der Waals surface area contributed by atoms with Gasteiger partial charge in [0.05, 0.1) is 17.5 Å². The Bertz CT molecular complexity index is 972. The minimum atomic E-state index is -0.730. The van der Waals surface area contributed by atoms with E-state index in [1.165, 1.54) is 11.0 Å². The van der Waals surface area contributed by atoms with E-state index in [-0.39, 0.29) is 23.4 Å². The molecule has 0 amide bonds. The lowest BCUT2D eigenvalue weighted by Gasteiger charge is -2.15. The Hall–Kier alpha value is -3.07. The molecule has 0 aliphatic rings. The fourth-order valence-electron chi connectivity index (χ4n) is 2.80. The van der Waals surface area contributed by atoms with Gasteiger partial charge in [-0.05, 0) is 50.6 Å². The molecular formula is C20H22F3N5O. The second kappa shape index (κ2) is 8.95. The van der Waals surface area contributed by atoms with Crippen molar-refractivity contribution in [2.45, 2.75) is 26.9 Å². The maximum absolute atomic E-state index is 14.5. The first-order chi connectivity index (χ1) is 13.9. The normalized spacial score (nSPS) is 12.1. The van der Waals surface area contributed by atoms with Crippen LogP contribution in [0.15, 0.2) is 36.7 Å². The highest BCUT2D eigenvalue weighted by Gasteiger charge is 2.12. The number of ether oxygens (including phenoxy) is 1. The second-order valence-corrected chi connectivity index (χ2v) is 6.57. The van der Waals surface area contributed by atoms with E-state index in [0.29, 0.717) is 24.4 Å². The van der Waals surface area contributed by atoms with Crippen LogP contribution in [0.2, 0.25) is 0 Å². The lowest BCUT2D eigenvalue weighted by Crippen LogP contribution is -2.19. The van der Waals surface area contributed by atoms with E-state index in [0.717, 1.165) is 18.2 Å².